The first-order valence-electron chi connectivity index (χ1n) is 15.0. The van der Waals surface area contributed by atoms with Gasteiger partial charge >= 0.3 is 5.97 Å². The first-order chi connectivity index (χ1) is 22.4. The van der Waals surface area contributed by atoms with Gasteiger partial charge in [0.2, 0.25) is 0 Å². The number of likely N-dealkylation sites (N-methyl/N-ethyl adjacent to an activating group) is 1. The molecule has 3 aromatic carbocycles. The summed E-state index contributed by atoms with van der Waals surface area (Å²) in [4.78, 5) is 45.8. The number of nitrogens with one attached hydrogen (secondary N) is 1. The number of amides is 1. The molecule has 11 nitrogen and oxygen atoms in total. The molecule has 2 N–H and O–H groups in total. The van der Waals surface area contributed by atoms with Crippen LogP contribution in [0.1, 0.15) is 52.2 Å². The van der Waals surface area contributed by atoms with Crippen molar-refractivity contribution in [1.82, 2.24) is 4.90 Å². The fraction of sp³-hybridized carbons (Fsp3) is 0.324. The van der Waals surface area contributed by atoms with Crippen molar-refractivity contribution in [1.29, 1.82) is 0 Å². The molecule has 2 aliphatic rings. The lowest BCUT2D eigenvalue weighted by atomic mass is 9.83. The van der Waals surface area contributed by atoms with E-state index in [1.165, 1.54) is 40.3 Å². The molecule has 0 aliphatic carbocycles. The summed E-state index contributed by atoms with van der Waals surface area (Å²) < 4.78 is 6.34. The number of fused-ring (bicyclic) bond motifs is 2. The van der Waals surface area contributed by atoms with Crippen LogP contribution in [0.25, 0.3) is 0 Å². The van der Waals surface area contributed by atoms with Gasteiger partial charge in [-0.25, -0.2) is 4.79 Å². The van der Waals surface area contributed by atoms with Gasteiger partial charge in [-0.05, 0) is 47.0 Å². The molecule has 1 saturated heterocycles. The Morgan fingerprint density at radius 1 is 1.04 bits per heavy atom. The second kappa shape index (κ2) is 16.0. The minimum atomic E-state index is -1.51. The average Bonchev–Trinajstić information content (AvgIpc) is 3.41. The Morgan fingerprint density at radius 3 is 2.32 bits per heavy atom. The predicted octanol–water partition coefficient (Wildman–Crippen LogP) is 3.63. The first kappa shape index (κ1) is 35.6. The number of quaternary nitrogens is 1. The van der Waals surface area contributed by atoms with Gasteiger partial charge in [0.25, 0.3) is 11.6 Å². The van der Waals surface area contributed by atoms with E-state index < -0.39 is 16.9 Å². The fourth-order valence-electron chi connectivity index (χ4n) is 6.06. The minimum Gasteiger partial charge on any atom is -0.545 e. The highest BCUT2D eigenvalue weighted by molar-refractivity contribution is 6.42. The van der Waals surface area contributed by atoms with Crippen LogP contribution in [0, 0.1) is 10.1 Å². The minimum absolute atomic E-state index is 0.0411. The summed E-state index contributed by atoms with van der Waals surface area (Å²) in [5.74, 6) is -2.93. The Morgan fingerprint density at radius 2 is 1.72 bits per heavy atom. The molecular formula is C34H35Cl2N3O8. The van der Waals surface area contributed by atoms with E-state index >= 15 is 0 Å². The van der Waals surface area contributed by atoms with Crippen LogP contribution in [0.2, 0.25) is 10.0 Å². The van der Waals surface area contributed by atoms with E-state index in [1.807, 2.05) is 12.1 Å². The summed E-state index contributed by atoms with van der Waals surface area (Å²) in [6, 6.07) is 20.0. The lowest BCUT2D eigenvalue weighted by molar-refractivity contribution is -0.908. The third-order valence-electron chi connectivity index (χ3n) is 8.57. The van der Waals surface area contributed by atoms with E-state index in [0.29, 0.717) is 40.9 Å². The number of carboxylic acid groups (broad SMARTS) is 2. The molecule has 1 spiro atoms. The number of nitrogens with zero attached hydrogens (tertiary/aromatic N) is 2. The summed E-state index contributed by atoms with van der Waals surface area (Å²) in [5.41, 5.74) is 3.92. The molecule has 0 radical (unpaired) electrons. The zero-order valence-electron chi connectivity index (χ0n) is 25.7. The van der Waals surface area contributed by atoms with Crippen molar-refractivity contribution in [2.75, 3.05) is 33.2 Å². The number of carbonyl (C=O) groups excluding carboxylic acids is 2. The molecular weight excluding hydrogens is 649 g/mol. The number of rotatable bonds is 10. The van der Waals surface area contributed by atoms with E-state index in [4.69, 9.17) is 33.0 Å². The van der Waals surface area contributed by atoms with Gasteiger partial charge in [-0.2, -0.15) is 0 Å². The summed E-state index contributed by atoms with van der Waals surface area (Å²) in [7, 11) is 1.76. The van der Waals surface area contributed by atoms with Gasteiger partial charge in [-0.3, -0.25) is 14.9 Å². The Hall–Kier alpha value is -4.29. The van der Waals surface area contributed by atoms with Gasteiger partial charge in [-0.15, -0.1) is 0 Å². The maximum absolute atomic E-state index is 13.2. The van der Waals surface area contributed by atoms with Crippen molar-refractivity contribution in [3.05, 3.63) is 121 Å². The van der Waals surface area contributed by atoms with Gasteiger partial charge in [0.15, 0.2) is 0 Å². The number of hydrogen-bond acceptors (Lipinski definition) is 7. The molecule has 2 aliphatic heterocycles. The smallest absolute Gasteiger partial charge is 0.328 e. The largest absolute Gasteiger partial charge is 0.545 e. The molecule has 2 heterocycles. The summed E-state index contributed by atoms with van der Waals surface area (Å²) in [6.07, 6.45) is 3.80. The number of likely N-dealkylation sites (tertiary alicyclic amines) is 1. The molecule has 1 unspecified atom stereocenters. The molecule has 1 amide bonds. The first-order valence-corrected chi connectivity index (χ1v) is 15.8. The number of ether oxygens (including phenoxy) is 1. The van der Waals surface area contributed by atoms with Crippen LogP contribution < -0.4 is 10.0 Å². The van der Waals surface area contributed by atoms with Gasteiger partial charge < -0.3 is 29.5 Å². The lowest BCUT2D eigenvalue weighted by Gasteiger charge is -2.37. The van der Waals surface area contributed by atoms with E-state index in [-0.39, 0.29) is 23.1 Å². The number of halogens is 2. The highest BCUT2D eigenvalue weighted by Gasteiger charge is 2.44. The van der Waals surface area contributed by atoms with Gasteiger partial charge in [0.1, 0.15) is 5.60 Å². The number of nitro groups is 1. The number of benzene rings is 3. The lowest BCUT2D eigenvalue weighted by Crippen LogP contribution is -3.13. The highest BCUT2D eigenvalue weighted by atomic mass is 35.5. The Bertz CT molecular complexity index is 1620. The molecule has 1 fully saturated rings. The quantitative estimate of drug-likeness (QED) is 0.187. The van der Waals surface area contributed by atoms with Crippen molar-refractivity contribution in [2.24, 2.45) is 0 Å². The highest BCUT2D eigenvalue weighted by Crippen LogP contribution is 2.42. The summed E-state index contributed by atoms with van der Waals surface area (Å²) >= 11 is 12.6. The zero-order chi connectivity index (χ0) is 34.1. The van der Waals surface area contributed by atoms with E-state index in [1.54, 1.807) is 18.0 Å². The number of aliphatic carboxylic acids is 2. The Kier molecular flexibility index (Phi) is 12.1. The van der Waals surface area contributed by atoms with Crippen molar-refractivity contribution in [3.63, 3.8) is 0 Å². The summed E-state index contributed by atoms with van der Waals surface area (Å²) in [6.45, 7) is 4.20. The van der Waals surface area contributed by atoms with E-state index in [2.05, 4.69) is 24.3 Å². The number of non-ortho nitro benzene ring substituents is 1. The zero-order valence-corrected chi connectivity index (χ0v) is 27.2. The molecule has 1 atom stereocenters. The third kappa shape index (κ3) is 9.39. The Balaban J connectivity index is 0.000000555. The maximum Gasteiger partial charge on any atom is 0.328 e. The molecule has 0 saturated carbocycles. The molecule has 0 aromatic heterocycles. The standard InChI is InChI=1S/C30H31Cl2N3O4.C4H4O4/c1-33(29(36)21-6-9-25(10-7-21)35(37)38)19-23(22-8-11-27(31)28(32)18-22)12-15-34-16-13-30(14-17-34)26-5-3-2-4-24(26)20-39-30;5-3(6)1-2-4(7)8/h2-11,18,23H,12-17,19-20H2,1H3;1-2H,(H,5,6)(H,7,8)/b;2-1+. The van der Waals surface area contributed by atoms with Crippen molar-refractivity contribution < 1.29 is 39.2 Å². The van der Waals surface area contributed by atoms with Crippen molar-refractivity contribution >= 4 is 46.7 Å². The molecule has 5 rings (SSSR count). The molecule has 13 heteroatoms. The van der Waals surface area contributed by atoms with Crippen LogP contribution in [0.3, 0.4) is 0 Å². The monoisotopic (exact) mass is 683 g/mol. The summed E-state index contributed by atoms with van der Waals surface area (Å²) in [5, 5.41) is 29.2. The normalized spacial score (nSPS) is 19.0. The topological polar surface area (TPSA) is 155 Å². The van der Waals surface area contributed by atoms with Crippen LogP contribution in [0.4, 0.5) is 5.69 Å². The number of piperidine rings is 1. The van der Waals surface area contributed by atoms with E-state index in [9.17, 15) is 29.6 Å². The molecule has 3 aromatic rings. The second-order valence-corrected chi connectivity index (χ2v) is 12.4. The van der Waals surface area contributed by atoms with Crippen LogP contribution in [0.15, 0.2) is 78.9 Å². The molecule has 248 valence electrons. The second-order valence-electron chi connectivity index (χ2n) is 11.6. The number of carbonyl (C=O) groups is 3. The molecule has 47 heavy (non-hydrogen) atoms. The van der Waals surface area contributed by atoms with Crippen LogP contribution >= 0.6 is 23.2 Å². The fourth-order valence-corrected chi connectivity index (χ4v) is 6.37. The van der Waals surface area contributed by atoms with Crippen molar-refractivity contribution in [3.8, 4) is 0 Å². The van der Waals surface area contributed by atoms with Gasteiger partial charge in [-0.1, -0.05) is 53.5 Å². The van der Waals surface area contributed by atoms with Gasteiger partial charge in [0.05, 0.1) is 47.2 Å². The van der Waals surface area contributed by atoms with Gasteiger partial charge in [0, 0.05) is 62.5 Å². The van der Waals surface area contributed by atoms with Crippen LogP contribution in [-0.4, -0.2) is 66.0 Å². The maximum atomic E-state index is 13.2. The predicted molar refractivity (Wildman–Crippen MR) is 173 cm³/mol. The Labute approximate surface area is 282 Å². The number of nitro benzene ring substituents is 1. The molecule has 0 bridgehead atoms. The van der Waals surface area contributed by atoms with Crippen LogP contribution in [0.5, 0.6) is 0 Å². The number of carboxylic acids is 2. The van der Waals surface area contributed by atoms with Crippen molar-refractivity contribution in [2.45, 2.75) is 37.4 Å². The third-order valence-corrected chi connectivity index (χ3v) is 9.31. The van der Waals surface area contributed by atoms with Crippen LogP contribution in [-0.2, 0) is 26.5 Å². The SMILES string of the molecule is CN(CC(CC[NH+]1CCC2(CC1)OCc1ccccc12)c1ccc(Cl)c(Cl)c1)C(=O)c1ccc([N+](=O)[O-])cc1.O=C([O-])/C=C/C(=O)O. The number of hydrogen-bond donors (Lipinski definition) is 2. The van der Waals surface area contributed by atoms with E-state index in [0.717, 1.165) is 44.5 Å². The average molecular weight is 685 g/mol.